The van der Waals surface area contributed by atoms with Crippen molar-refractivity contribution >= 4 is 11.9 Å². The maximum atomic E-state index is 12.0. The van der Waals surface area contributed by atoms with E-state index in [-0.39, 0.29) is 5.91 Å². The van der Waals surface area contributed by atoms with Crippen molar-refractivity contribution in [3.05, 3.63) is 0 Å². The van der Waals surface area contributed by atoms with Crippen LogP contribution in [-0.4, -0.2) is 42.4 Å². The first-order chi connectivity index (χ1) is 9.49. The molecule has 1 amide bonds. The molecule has 0 aliphatic carbocycles. The summed E-state index contributed by atoms with van der Waals surface area (Å²) in [4.78, 5) is 23.3. The van der Waals surface area contributed by atoms with Crippen LogP contribution in [-0.2, 0) is 28.5 Å². The van der Waals surface area contributed by atoms with Crippen molar-refractivity contribution in [2.24, 2.45) is 5.41 Å². The maximum Gasteiger partial charge on any atom is 0.313 e. The second kappa shape index (κ2) is 5.23. The first kappa shape index (κ1) is 16.2. The summed E-state index contributed by atoms with van der Waals surface area (Å²) in [6.45, 7) is 10.2. The van der Waals surface area contributed by atoms with E-state index in [0.29, 0.717) is 0 Å². The number of carbonyl (C=O) groups excluding carboxylic acids is 2. The second-order valence-corrected chi connectivity index (χ2v) is 6.85. The van der Waals surface area contributed by atoms with E-state index >= 15 is 0 Å². The lowest BCUT2D eigenvalue weighted by atomic mass is 9.97. The van der Waals surface area contributed by atoms with Gasteiger partial charge in [0.05, 0.1) is 5.41 Å². The highest BCUT2D eigenvalue weighted by molar-refractivity contribution is 5.75. The highest BCUT2D eigenvalue weighted by Gasteiger charge is 2.57. The highest BCUT2D eigenvalue weighted by Crippen LogP contribution is 2.38. The van der Waals surface area contributed by atoms with Crippen LogP contribution < -0.4 is 5.32 Å². The molecule has 2 heterocycles. The van der Waals surface area contributed by atoms with E-state index < -0.39 is 41.9 Å². The van der Waals surface area contributed by atoms with Gasteiger partial charge in [0, 0.05) is 6.92 Å². The lowest BCUT2D eigenvalue weighted by Crippen LogP contribution is -2.42. The molecule has 2 fully saturated rings. The van der Waals surface area contributed by atoms with E-state index in [9.17, 15) is 9.59 Å². The Morgan fingerprint density at radius 2 is 1.71 bits per heavy atom. The molecule has 1 N–H and O–H groups in total. The molecule has 0 radical (unpaired) electrons. The summed E-state index contributed by atoms with van der Waals surface area (Å²) >= 11 is 0. The van der Waals surface area contributed by atoms with Crippen LogP contribution in [0.2, 0.25) is 0 Å². The molecule has 120 valence electrons. The Balaban J connectivity index is 2.12. The SMILES string of the molecule is CC(=O)NC1O[C@@H](OC(=O)C(C)(C)C)[C@@H]2OC(C)(C)O[C@H]12. The van der Waals surface area contributed by atoms with Crippen molar-refractivity contribution in [1.82, 2.24) is 5.32 Å². The summed E-state index contributed by atoms with van der Waals surface area (Å²) in [6.07, 6.45) is -2.68. The summed E-state index contributed by atoms with van der Waals surface area (Å²) in [5.74, 6) is -1.47. The third kappa shape index (κ3) is 3.53. The molecule has 21 heavy (non-hydrogen) atoms. The van der Waals surface area contributed by atoms with Crippen molar-refractivity contribution in [1.29, 1.82) is 0 Å². The number of fused-ring (bicyclic) bond motifs is 1. The Hall–Kier alpha value is -1.18. The van der Waals surface area contributed by atoms with Gasteiger partial charge in [-0.3, -0.25) is 9.59 Å². The smallest absolute Gasteiger partial charge is 0.313 e. The van der Waals surface area contributed by atoms with Crippen LogP contribution in [0.5, 0.6) is 0 Å². The number of hydrogen-bond donors (Lipinski definition) is 1. The Morgan fingerprint density at radius 3 is 2.24 bits per heavy atom. The van der Waals surface area contributed by atoms with Crippen LogP contribution in [0, 0.1) is 5.41 Å². The predicted octanol–water partition coefficient (Wildman–Crippen LogP) is 0.914. The average molecular weight is 301 g/mol. The van der Waals surface area contributed by atoms with Gasteiger partial charge in [-0.2, -0.15) is 0 Å². The van der Waals surface area contributed by atoms with E-state index in [1.807, 2.05) is 0 Å². The van der Waals surface area contributed by atoms with Gasteiger partial charge in [-0.15, -0.1) is 0 Å². The van der Waals surface area contributed by atoms with Gasteiger partial charge >= 0.3 is 5.97 Å². The van der Waals surface area contributed by atoms with Crippen molar-refractivity contribution in [3.8, 4) is 0 Å². The molecular weight excluding hydrogens is 278 g/mol. The van der Waals surface area contributed by atoms with Crippen molar-refractivity contribution in [2.75, 3.05) is 0 Å². The molecule has 0 aromatic rings. The van der Waals surface area contributed by atoms with Crippen molar-refractivity contribution in [2.45, 2.75) is 72.1 Å². The predicted molar refractivity (Wildman–Crippen MR) is 71.8 cm³/mol. The molecule has 2 aliphatic rings. The first-order valence-electron chi connectivity index (χ1n) is 6.99. The number of amides is 1. The largest absolute Gasteiger partial charge is 0.432 e. The molecule has 2 aliphatic heterocycles. The van der Waals surface area contributed by atoms with Gasteiger partial charge in [-0.1, -0.05) is 0 Å². The normalized spacial score (nSPS) is 34.4. The van der Waals surface area contributed by atoms with Crippen molar-refractivity contribution in [3.63, 3.8) is 0 Å². The third-order valence-corrected chi connectivity index (χ3v) is 3.19. The fraction of sp³-hybridized carbons (Fsp3) is 0.857. The second-order valence-electron chi connectivity index (χ2n) is 6.85. The lowest BCUT2D eigenvalue weighted by Gasteiger charge is -2.26. The van der Waals surface area contributed by atoms with Crippen molar-refractivity contribution < 1.29 is 28.5 Å². The van der Waals surface area contributed by atoms with Crippen LogP contribution >= 0.6 is 0 Å². The summed E-state index contributed by atoms with van der Waals surface area (Å²) in [6, 6.07) is 0. The number of rotatable bonds is 2. The molecule has 0 spiro atoms. The van der Waals surface area contributed by atoms with Gasteiger partial charge in [0.1, 0.15) is 6.10 Å². The number of nitrogens with one attached hydrogen (secondary N) is 1. The Kier molecular flexibility index (Phi) is 4.03. The minimum Gasteiger partial charge on any atom is -0.432 e. The van der Waals surface area contributed by atoms with Crippen LogP contribution in [0.25, 0.3) is 0 Å². The number of ether oxygens (including phenoxy) is 4. The van der Waals surface area contributed by atoms with E-state index in [1.165, 1.54) is 6.92 Å². The zero-order chi connectivity index (χ0) is 16.0. The molecule has 0 saturated carbocycles. The maximum absolute atomic E-state index is 12.0. The Morgan fingerprint density at radius 1 is 1.14 bits per heavy atom. The summed E-state index contributed by atoms with van der Waals surface area (Å²) in [7, 11) is 0. The van der Waals surface area contributed by atoms with Crippen LogP contribution in [0.3, 0.4) is 0 Å². The molecule has 4 atom stereocenters. The molecule has 7 nitrogen and oxygen atoms in total. The fourth-order valence-electron chi connectivity index (χ4n) is 2.25. The quantitative estimate of drug-likeness (QED) is 0.764. The van der Waals surface area contributed by atoms with E-state index in [4.69, 9.17) is 18.9 Å². The van der Waals surface area contributed by atoms with Gasteiger partial charge in [-0.25, -0.2) is 0 Å². The fourth-order valence-corrected chi connectivity index (χ4v) is 2.25. The van der Waals surface area contributed by atoms with E-state index in [0.717, 1.165) is 0 Å². The Bertz CT molecular complexity index is 441. The first-order valence-corrected chi connectivity index (χ1v) is 6.99. The lowest BCUT2D eigenvalue weighted by molar-refractivity contribution is -0.237. The van der Waals surface area contributed by atoms with Gasteiger partial charge in [0.2, 0.25) is 12.2 Å². The Labute approximate surface area is 124 Å². The van der Waals surface area contributed by atoms with Gasteiger partial charge in [0.15, 0.2) is 18.1 Å². The molecular formula is C14H23NO6. The molecule has 1 unspecified atom stereocenters. The third-order valence-electron chi connectivity index (χ3n) is 3.19. The van der Waals surface area contributed by atoms with Crippen LogP contribution in [0.4, 0.5) is 0 Å². The zero-order valence-electron chi connectivity index (χ0n) is 13.3. The average Bonchev–Trinajstić information content (AvgIpc) is 2.73. The zero-order valence-corrected chi connectivity index (χ0v) is 13.3. The minimum absolute atomic E-state index is 0.255. The summed E-state index contributed by atoms with van der Waals surface area (Å²) < 4.78 is 22.4. The highest BCUT2D eigenvalue weighted by atomic mass is 16.8. The molecule has 2 rings (SSSR count). The number of carbonyl (C=O) groups is 2. The molecule has 0 bridgehead atoms. The minimum atomic E-state index is -0.902. The summed E-state index contributed by atoms with van der Waals surface area (Å²) in [5, 5.41) is 2.64. The van der Waals surface area contributed by atoms with E-state index in [2.05, 4.69) is 5.32 Å². The van der Waals surface area contributed by atoms with E-state index in [1.54, 1.807) is 34.6 Å². The monoisotopic (exact) mass is 301 g/mol. The van der Waals surface area contributed by atoms with Gasteiger partial charge in [0.25, 0.3) is 0 Å². The molecule has 2 saturated heterocycles. The molecule has 0 aromatic carbocycles. The van der Waals surface area contributed by atoms with Crippen LogP contribution in [0.1, 0.15) is 41.5 Å². The van der Waals surface area contributed by atoms with Gasteiger partial charge in [-0.05, 0) is 34.6 Å². The molecule has 0 aromatic heterocycles. The topological polar surface area (TPSA) is 83.1 Å². The van der Waals surface area contributed by atoms with Crippen LogP contribution in [0.15, 0.2) is 0 Å². The molecule has 7 heteroatoms. The number of esters is 1. The standard InChI is InChI=1S/C14H23NO6/c1-7(16)15-10-8-9(21-14(5,6)20-8)11(18-10)19-12(17)13(2,3)4/h8-11H,1-6H3,(H,15,16)/t8-,9+,10?,11-/m0/s1. The summed E-state index contributed by atoms with van der Waals surface area (Å²) in [5.41, 5.74) is -0.653. The number of hydrogen-bond acceptors (Lipinski definition) is 6. The van der Waals surface area contributed by atoms with Gasteiger partial charge < -0.3 is 24.3 Å².